The Hall–Kier alpha value is -1.29. The smallest absolute Gasteiger partial charge is 0.191 e. The lowest BCUT2D eigenvalue weighted by Crippen LogP contribution is -2.36. The summed E-state index contributed by atoms with van der Waals surface area (Å²) in [5.41, 5.74) is 3.08. The SMILES string of the molecule is CN=C(NCc1csc(-c2ccccc2)n1)NCc1cc(Cl)c(Cl)n1C.I. The number of benzene rings is 1. The van der Waals surface area contributed by atoms with E-state index in [1.54, 1.807) is 18.4 Å². The first-order valence-electron chi connectivity index (χ1n) is 8.02. The van der Waals surface area contributed by atoms with Crippen LogP contribution in [0, 0.1) is 0 Å². The van der Waals surface area contributed by atoms with Gasteiger partial charge in [-0.15, -0.1) is 35.3 Å². The molecule has 3 aromatic rings. The van der Waals surface area contributed by atoms with E-state index in [-0.39, 0.29) is 24.0 Å². The second kappa shape index (κ2) is 10.3. The van der Waals surface area contributed by atoms with Gasteiger partial charge in [-0.05, 0) is 6.07 Å². The summed E-state index contributed by atoms with van der Waals surface area (Å²) < 4.78 is 1.84. The minimum absolute atomic E-state index is 0. The number of thiazole rings is 1. The normalized spacial score (nSPS) is 11.2. The molecule has 3 rings (SSSR count). The summed E-state index contributed by atoms with van der Waals surface area (Å²) in [5, 5.41) is 10.7. The fraction of sp³-hybridized carbons (Fsp3) is 0.222. The van der Waals surface area contributed by atoms with E-state index in [0.29, 0.717) is 29.2 Å². The molecule has 2 heterocycles. The second-order valence-electron chi connectivity index (χ2n) is 5.62. The molecule has 0 aliphatic heterocycles. The van der Waals surface area contributed by atoms with Crippen molar-refractivity contribution in [2.75, 3.05) is 7.05 Å². The summed E-state index contributed by atoms with van der Waals surface area (Å²) >= 11 is 13.8. The molecular formula is C18H20Cl2IN5S. The Kier molecular flexibility index (Phi) is 8.40. The maximum atomic E-state index is 6.09. The number of halogens is 3. The van der Waals surface area contributed by atoms with Crippen molar-refractivity contribution in [2.24, 2.45) is 12.0 Å². The molecular weight excluding hydrogens is 516 g/mol. The van der Waals surface area contributed by atoms with Crippen LogP contribution < -0.4 is 10.6 Å². The van der Waals surface area contributed by atoms with E-state index in [9.17, 15) is 0 Å². The number of aliphatic imine (C=N–C) groups is 1. The number of nitrogens with zero attached hydrogens (tertiary/aromatic N) is 3. The summed E-state index contributed by atoms with van der Waals surface area (Å²) in [4.78, 5) is 8.91. The maximum absolute atomic E-state index is 6.09. The second-order valence-corrected chi connectivity index (χ2v) is 7.25. The Morgan fingerprint density at radius 2 is 1.89 bits per heavy atom. The van der Waals surface area contributed by atoms with Gasteiger partial charge in [0.1, 0.15) is 10.2 Å². The molecule has 0 spiro atoms. The Labute approximate surface area is 189 Å². The van der Waals surface area contributed by atoms with Gasteiger partial charge in [0, 0.05) is 30.7 Å². The zero-order chi connectivity index (χ0) is 18.5. The monoisotopic (exact) mass is 535 g/mol. The molecule has 5 nitrogen and oxygen atoms in total. The molecule has 0 aliphatic carbocycles. The molecule has 2 N–H and O–H groups in total. The van der Waals surface area contributed by atoms with Gasteiger partial charge in [0.15, 0.2) is 5.96 Å². The molecule has 2 aromatic heterocycles. The van der Waals surface area contributed by atoms with Crippen molar-refractivity contribution in [3.8, 4) is 10.6 Å². The molecule has 0 radical (unpaired) electrons. The van der Waals surface area contributed by atoms with E-state index in [2.05, 4.69) is 38.1 Å². The van der Waals surface area contributed by atoms with Crippen molar-refractivity contribution in [3.05, 3.63) is 63.3 Å². The lowest BCUT2D eigenvalue weighted by molar-refractivity contribution is 0.747. The van der Waals surface area contributed by atoms with Crippen LogP contribution in [0.15, 0.2) is 46.8 Å². The fourth-order valence-corrected chi connectivity index (χ4v) is 3.67. The van der Waals surface area contributed by atoms with Gasteiger partial charge in [-0.1, -0.05) is 53.5 Å². The molecule has 0 aliphatic rings. The molecule has 0 atom stereocenters. The van der Waals surface area contributed by atoms with Crippen LogP contribution in [0.4, 0.5) is 0 Å². The van der Waals surface area contributed by atoms with Crippen molar-refractivity contribution >= 4 is 64.5 Å². The van der Waals surface area contributed by atoms with Crippen LogP contribution in [-0.2, 0) is 20.1 Å². The molecule has 27 heavy (non-hydrogen) atoms. The number of guanidine groups is 1. The average Bonchev–Trinajstić information content (AvgIpc) is 3.23. The summed E-state index contributed by atoms with van der Waals surface area (Å²) in [6, 6.07) is 12.0. The van der Waals surface area contributed by atoms with Crippen LogP contribution in [-0.4, -0.2) is 22.6 Å². The van der Waals surface area contributed by atoms with E-state index in [0.717, 1.165) is 22.0 Å². The van der Waals surface area contributed by atoms with Crippen molar-refractivity contribution in [1.82, 2.24) is 20.2 Å². The van der Waals surface area contributed by atoms with E-state index in [4.69, 9.17) is 23.2 Å². The molecule has 9 heteroatoms. The molecule has 0 bridgehead atoms. The van der Waals surface area contributed by atoms with Crippen LogP contribution in [0.2, 0.25) is 10.2 Å². The van der Waals surface area contributed by atoms with E-state index >= 15 is 0 Å². The topological polar surface area (TPSA) is 54.2 Å². The standard InChI is InChI=1S/C18H19Cl2N5S.HI/c1-21-18(23-10-14-8-15(19)16(20)25(14)2)22-9-13-11-26-17(24-13)12-6-4-3-5-7-12;/h3-8,11H,9-10H2,1-2H3,(H2,21,22,23);1H. The molecule has 0 unspecified atom stereocenters. The zero-order valence-corrected chi connectivity index (χ0v) is 19.5. The quantitative estimate of drug-likeness (QED) is 0.276. The third-order valence-electron chi connectivity index (χ3n) is 3.89. The summed E-state index contributed by atoms with van der Waals surface area (Å²) in [6.07, 6.45) is 0. The van der Waals surface area contributed by atoms with Gasteiger partial charge in [0.25, 0.3) is 0 Å². The Morgan fingerprint density at radius 3 is 2.52 bits per heavy atom. The Bertz CT molecular complexity index is 908. The van der Waals surface area contributed by atoms with Gasteiger partial charge in [-0.25, -0.2) is 4.98 Å². The van der Waals surface area contributed by atoms with E-state index in [1.807, 2.05) is 35.9 Å². The average molecular weight is 536 g/mol. The lowest BCUT2D eigenvalue weighted by atomic mass is 10.2. The summed E-state index contributed by atoms with van der Waals surface area (Å²) in [7, 11) is 3.61. The summed E-state index contributed by atoms with van der Waals surface area (Å²) in [6.45, 7) is 1.16. The highest BCUT2D eigenvalue weighted by atomic mass is 127. The van der Waals surface area contributed by atoms with Crippen LogP contribution >= 0.6 is 58.5 Å². The first-order chi connectivity index (χ1) is 12.6. The van der Waals surface area contributed by atoms with Crippen LogP contribution in [0.3, 0.4) is 0 Å². The predicted molar refractivity (Wildman–Crippen MR) is 125 cm³/mol. The van der Waals surface area contributed by atoms with Crippen molar-refractivity contribution in [1.29, 1.82) is 0 Å². The van der Waals surface area contributed by atoms with Crippen LogP contribution in [0.25, 0.3) is 10.6 Å². The minimum Gasteiger partial charge on any atom is -0.351 e. The highest BCUT2D eigenvalue weighted by Gasteiger charge is 2.10. The van der Waals surface area contributed by atoms with Crippen LogP contribution in [0.5, 0.6) is 0 Å². The highest BCUT2D eigenvalue weighted by molar-refractivity contribution is 14.0. The van der Waals surface area contributed by atoms with Crippen molar-refractivity contribution in [3.63, 3.8) is 0 Å². The number of hydrogen-bond acceptors (Lipinski definition) is 3. The van der Waals surface area contributed by atoms with Gasteiger partial charge >= 0.3 is 0 Å². The Balaban J connectivity index is 0.00000261. The van der Waals surface area contributed by atoms with Gasteiger partial charge in [0.2, 0.25) is 0 Å². The number of aromatic nitrogens is 2. The molecule has 0 amide bonds. The van der Waals surface area contributed by atoms with Crippen molar-refractivity contribution < 1.29 is 0 Å². The maximum Gasteiger partial charge on any atom is 0.191 e. The zero-order valence-electron chi connectivity index (χ0n) is 14.9. The highest BCUT2D eigenvalue weighted by Crippen LogP contribution is 2.25. The van der Waals surface area contributed by atoms with E-state index in [1.165, 1.54) is 0 Å². The number of rotatable bonds is 5. The minimum atomic E-state index is 0. The van der Waals surface area contributed by atoms with Crippen molar-refractivity contribution in [2.45, 2.75) is 13.1 Å². The molecule has 144 valence electrons. The van der Waals surface area contributed by atoms with Gasteiger partial charge in [-0.3, -0.25) is 4.99 Å². The number of hydrogen-bond donors (Lipinski definition) is 2. The molecule has 1 aromatic carbocycles. The van der Waals surface area contributed by atoms with Crippen LogP contribution in [0.1, 0.15) is 11.4 Å². The number of nitrogens with one attached hydrogen (secondary N) is 2. The third-order valence-corrected chi connectivity index (χ3v) is 5.67. The first-order valence-corrected chi connectivity index (χ1v) is 9.66. The van der Waals surface area contributed by atoms with Gasteiger partial charge < -0.3 is 15.2 Å². The third kappa shape index (κ3) is 5.60. The largest absolute Gasteiger partial charge is 0.351 e. The summed E-state index contributed by atoms with van der Waals surface area (Å²) in [5.74, 6) is 0.688. The van der Waals surface area contributed by atoms with E-state index < -0.39 is 0 Å². The Morgan fingerprint density at radius 1 is 1.19 bits per heavy atom. The van der Waals surface area contributed by atoms with Gasteiger partial charge in [-0.2, -0.15) is 0 Å². The fourth-order valence-electron chi connectivity index (χ4n) is 2.43. The lowest BCUT2D eigenvalue weighted by Gasteiger charge is -2.11. The first kappa shape index (κ1) is 22.0. The molecule has 0 saturated carbocycles. The molecule has 0 saturated heterocycles. The predicted octanol–water partition coefficient (Wildman–Crippen LogP) is 4.94. The van der Waals surface area contributed by atoms with Gasteiger partial charge in [0.05, 0.1) is 23.8 Å². The molecule has 0 fully saturated rings.